The molecule has 0 N–H and O–H groups in total. The zero-order valence-corrected chi connectivity index (χ0v) is 9.20. The molecule has 0 fully saturated rings. The van der Waals surface area contributed by atoms with Gasteiger partial charge in [-0.2, -0.15) is 0 Å². The summed E-state index contributed by atoms with van der Waals surface area (Å²) in [5.74, 6) is 0. The molecule has 0 rings (SSSR count). The Balaban J connectivity index is 0. The molecule has 0 heterocycles. The zero-order valence-electron chi connectivity index (χ0n) is 2.88. The van der Waals surface area contributed by atoms with Crippen LogP contribution in [-0.2, 0) is 19.4 Å². The van der Waals surface area contributed by atoms with E-state index in [2.05, 4.69) is 9.30 Å². The summed E-state index contributed by atoms with van der Waals surface area (Å²) >= 11 is 1.47. The third-order valence-corrected chi connectivity index (χ3v) is 0. The fourth-order valence-corrected chi connectivity index (χ4v) is 0. The Bertz CT molecular complexity index is 6.00. The number of hydrogen-bond acceptors (Lipinski definition) is 0. The minimum Gasteiger partial charge on any atom is -0.0125 e. The molecule has 0 nitrogen and oxygen atoms in total. The van der Waals surface area contributed by atoms with E-state index in [1.165, 1.54) is 38.9 Å². The fourth-order valence-electron chi connectivity index (χ4n) is 0. The van der Waals surface area contributed by atoms with Crippen molar-refractivity contribution in [1.82, 2.24) is 0 Å². The summed E-state index contributed by atoms with van der Waals surface area (Å²) in [4.78, 5) is 0. The van der Waals surface area contributed by atoms with Crippen LogP contribution in [-0.4, -0.2) is 19.5 Å². The molecule has 0 unspecified atom stereocenters. The smallest absolute Gasteiger partial charge is 0.0125 e. The number of hydrogen-bond donors (Lipinski definition) is 0. The van der Waals surface area contributed by atoms with Crippen LogP contribution in [0.15, 0.2) is 0 Å². The topological polar surface area (TPSA) is 0 Å². The van der Waals surface area contributed by atoms with Crippen LogP contribution in [0.25, 0.3) is 0 Å². The second-order valence-electron chi connectivity index (χ2n) is 0. The van der Waals surface area contributed by atoms with Crippen molar-refractivity contribution in [2.45, 2.75) is 0 Å². The maximum atomic E-state index is 4.64. The van der Waals surface area contributed by atoms with E-state index in [9.17, 15) is 0 Å². The van der Waals surface area contributed by atoms with E-state index in [1.807, 2.05) is 0 Å². The van der Waals surface area contributed by atoms with Crippen molar-refractivity contribution in [3.8, 4) is 0 Å². The summed E-state index contributed by atoms with van der Waals surface area (Å²) in [7, 11) is 7.53. The maximum absolute atomic E-state index is 4.64. The predicted molar refractivity (Wildman–Crippen MR) is 25.7 cm³/mol. The average Bonchev–Trinajstić information content (AvgIpc) is 1.50. The van der Waals surface area contributed by atoms with Crippen LogP contribution in [0.4, 0.5) is 0 Å². The Kier molecular flexibility index (Phi) is 57.5. The van der Waals surface area contributed by atoms with E-state index in [-0.39, 0.29) is 0 Å². The molecular formula is H6ClSi2Ti. The predicted octanol–water partition coefficient (Wildman–Crippen LogP) is -1.68. The SMILES string of the molecule is [Cl][Ti].[SiH3][SiH3]. The molecule has 0 radical (unpaired) electrons. The van der Waals surface area contributed by atoms with Gasteiger partial charge >= 0.3 is 28.7 Å². The first-order valence-corrected chi connectivity index (χ1v) is 11.3. The van der Waals surface area contributed by atoms with Gasteiger partial charge in [-0.1, -0.05) is 0 Å². The molecule has 0 bridgehead atoms. The van der Waals surface area contributed by atoms with E-state index >= 15 is 0 Å². The fraction of sp³-hybridized carbons (Fsp3) is 0. The quantitative estimate of drug-likeness (QED) is 0.357. The van der Waals surface area contributed by atoms with Crippen LogP contribution in [0, 0.1) is 0 Å². The van der Waals surface area contributed by atoms with Crippen molar-refractivity contribution in [2.75, 3.05) is 0 Å². The van der Waals surface area contributed by atoms with Crippen LogP contribution in [0.1, 0.15) is 0 Å². The average molecular weight is 146 g/mol. The molecule has 0 aromatic carbocycles. The number of halogens is 1. The minimum absolute atomic E-state index is 1.44. The summed E-state index contributed by atoms with van der Waals surface area (Å²) in [5, 5.41) is 0. The zero-order chi connectivity index (χ0) is 4.00. The van der Waals surface area contributed by atoms with Crippen LogP contribution < -0.4 is 0 Å². The molecule has 0 amide bonds. The Morgan fingerprint density at radius 1 is 1.25 bits per heavy atom. The third kappa shape index (κ3) is 9.88. The summed E-state index contributed by atoms with van der Waals surface area (Å²) in [6, 6.07) is 0. The van der Waals surface area contributed by atoms with Crippen molar-refractivity contribution in [1.29, 1.82) is 0 Å². The van der Waals surface area contributed by atoms with E-state index in [1.54, 1.807) is 0 Å². The van der Waals surface area contributed by atoms with E-state index < -0.39 is 0 Å². The van der Waals surface area contributed by atoms with Gasteiger partial charge in [0, 0.05) is 0 Å². The summed E-state index contributed by atoms with van der Waals surface area (Å²) in [5.41, 5.74) is 0. The normalized spacial score (nSPS) is 4.00. The third-order valence-electron chi connectivity index (χ3n) is 0. The first kappa shape index (κ1) is 9.06. The second-order valence-corrected chi connectivity index (χ2v) is 0. The Morgan fingerprint density at radius 3 is 1.25 bits per heavy atom. The van der Waals surface area contributed by atoms with Gasteiger partial charge in [-0.05, 0) is 19.5 Å². The molecular weight excluding hydrogens is 139 g/mol. The molecule has 0 atom stereocenters. The van der Waals surface area contributed by atoms with Crippen molar-refractivity contribution in [2.24, 2.45) is 0 Å². The summed E-state index contributed by atoms with van der Waals surface area (Å²) in [6.07, 6.45) is 0. The molecule has 0 aromatic heterocycles. The van der Waals surface area contributed by atoms with Gasteiger partial charge in [-0.15, -0.1) is 0 Å². The molecule has 0 saturated carbocycles. The van der Waals surface area contributed by atoms with Gasteiger partial charge in [0.25, 0.3) is 0 Å². The van der Waals surface area contributed by atoms with Gasteiger partial charge < -0.3 is 0 Å². The molecule has 0 aliphatic carbocycles. The van der Waals surface area contributed by atoms with Crippen molar-refractivity contribution in [3.05, 3.63) is 0 Å². The first-order valence-electron chi connectivity index (χ1n) is 1.19. The van der Waals surface area contributed by atoms with E-state index in [0.717, 1.165) is 0 Å². The van der Waals surface area contributed by atoms with Crippen LogP contribution in [0.2, 0.25) is 0 Å². The van der Waals surface area contributed by atoms with Gasteiger partial charge in [-0.3, -0.25) is 0 Å². The molecule has 4 heavy (non-hydrogen) atoms. The van der Waals surface area contributed by atoms with Gasteiger partial charge in [0.15, 0.2) is 0 Å². The molecule has 0 saturated heterocycles. The van der Waals surface area contributed by atoms with Gasteiger partial charge in [0.2, 0.25) is 0 Å². The Morgan fingerprint density at radius 2 is 1.25 bits per heavy atom. The van der Waals surface area contributed by atoms with Gasteiger partial charge in [-0.25, -0.2) is 0 Å². The van der Waals surface area contributed by atoms with Crippen LogP contribution >= 0.6 is 9.30 Å². The van der Waals surface area contributed by atoms with Crippen molar-refractivity contribution < 1.29 is 19.4 Å². The maximum Gasteiger partial charge on any atom is -0.0125 e. The summed E-state index contributed by atoms with van der Waals surface area (Å²) in [6.45, 7) is 0. The standard InChI is InChI=1S/ClH.H6Si2.Ti/c;1-2;/h1H;1-2H3;/q;;+1/p-1. The number of rotatable bonds is 0. The van der Waals surface area contributed by atoms with Crippen molar-refractivity contribution >= 4 is 28.8 Å². The molecule has 0 aromatic rings. The monoisotopic (exact) mass is 145 g/mol. The molecule has 25 valence electrons. The molecule has 4 heteroatoms. The first-order chi connectivity index (χ1) is 2.00. The minimum atomic E-state index is 1.44. The van der Waals surface area contributed by atoms with Crippen LogP contribution in [0.5, 0.6) is 0 Å². The Labute approximate surface area is 48.2 Å². The van der Waals surface area contributed by atoms with Crippen molar-refractivity contribution in [3.63, 3.8) is 0 Å². The molecule has 0 aliphatic rings. The molecule has 0 spiro atoms. The van der Waals surface area contributed by atoms with Gasteiger partial charge in [0.05, 0.1) is 0 Å². The largest absolute Gasteiger partial charge is 0.0125 e. The Hall–Kier alpha value is 1.44. The van der Waals surface area contributed by atoms with E-state index in [4.69, 9.17) is 0 Å². The van der Waals surface area contributed by atoms with Gasteiger partial charge in [0.1, 0.15) is 0 Å². The second kappa shape index (κ2) is 25.4. The summed E-state index contributed by atoms with van der Waals surface area (Å²) < 4.78 is 0. The molecule has 0 aliphatic heterocycles. The van der Waals surface area contributed by atoms with Crippen LogP contribution in [0.3, 0.4) is 0 Å². The van der Waals surface area contributed by atoms with E-state index in [0.29, 0.717) is 0 Å².